The second-order valence-electron chi connectivity index (χ2n) is 6.51. The molecule has 0 aliphatic carbocycles. The van der Waals surface area contributed by atoms with Crippen molar-refractivity contribution in [3.63, 3.8) is 0 Å². The molecule has 3 rings (SSSR count). The fourth-order valence-electron chi connectivity index (χ4n) is 3.56. The summed E-state index contributed by atoms with van der Waals surface area (Å²) in [4.78, 5) is 14.7. The molecule has 1 N–H and O–H groups in total. The summed E-state index contributed by atoms with van der Waals surface area (Å²) >= 11 is 0. The number of carbonyl (C=O) groups is 1. The van der Waals surface area contributed by atoms with Crippen LogP contribution in [-0.2, 0) is 9.84 Å². The van der Waals surface area contributed by atoms with Crippen molar-refractivity contribution in [2.24, 2.45) is 0 Å². The van der Waals surface area contributed by atoms with Gasteiger partial charge in [-0.05, 0) is 44.1 Å². The molecule has 1 aromatic carbocycles. The summed E-state index contributed by atoms with van der Waals surface area (Å²) in [5.41, 5.74) is 0.796. The number of carbonyl (C=O) groups excluding carboxylic acids is 1. The van der Waals surface area contributed by atoms with Crippen LogP contribution in [0.25, 0.3) is 0 Å². The number of hydrogen-bond acceptors (Lipinski definition) is 5. The fourth-order valence-corrected chi connectivity index (χ4v) is 5.51. The molecule has 2 saturated heterocycles. The maximum atomic E-state index is 12.5. The van der Waals surface area contributed by atoms with E-state index in [9.17, 15) is 13.2 Å². The molecule has 2 aliphatic rings. The molecule has 24 heavy (non-hydrogen) atoms. The first-order valence-corrected chi connectivity index (χ1v) is 10.1. The highest BCUT2D eigenvalue weighted by atomic mass is 32.2. The Hall–Kier alpha value is -1.91. The highest BCUT2D eigenvalue weighted by Gasteiger charge is 2.41. The minimum Gasteiger partial charge on any atom is -0.347 e. The molecule has 0 unspecified atom stereocenters. The molecule has 0 spiro atoms. The van der Waals surface area contributed by atoms with E-state index in [1.54, 1.807) is 18.2 Å². The number of likely N-dealkylation sites (tertiary alicyclic amines) is 1. The van der Waals surface area contributed by atoms with E-state index in [0.717, 1.165) is 25.9 Å². The van der Waals surface area contributed by atoms with Crippen LogP contribution in [0.1, 0.15) is 35.2 Å². The molecule has 2 aliphatic heterocycles. The average Bonchev–Trinajstić information content (AvgIpc) is 2.90. The lowest BCUT2D eigenvalue weighted by Crippen LogP contribution is -2.52. The van der Waals surface area contributed by atoms with Gasteiger partial charge in [0.15, 0.2) is 9.84 Å². The number of sulfone groups is 1. The van der Waals surface area contributed by atoms with Gasteiger partial charge >= 0.3 is 0 Å². The number of hydrogen-bond donors (Lipinski definition) is 1. The molecule has 0 bridgehead atoms. The Morgan fingerprint density at radius 1 is 1.21 bits per heavy atom. The van der Waals surface area contributed by atoms with E-state index in [2.05, 4.69) is 10.2 Å². The monoisotopic (exact) mass is 347 g/mol. The molecular formula is C17H21N3O3S. The minimum absolute atomic E-state index is 0.0160. The van der Waals surface area contributed by atoms with Gasteiger partial charge in [0.25, 0.3) is 5.91 Å². The fraction of sp³-hybridized carbons (Fsp3) is 0.529. The molecule has 6 nitrogen and oxygen atoms in total. The van der Waals surface area contributed by atoms with Crippen LogP contribution in [0.15, 0.2) is 24.3 Å². The van der Waals surface area contributed by atoms with E-state index in [0.29, 0.717) is 11.1 Å². The SMILES string of the molecule is N#Cc1cccc(C(=O)N[C@@H]2CS(=O)(=O)C[C@@H]2N2CCCCC2)c1. The maximum Gasteiger partial charge on any atom is 0.251 e. The molecule has 0 radical (unpaired) electrons. The quantitative estimate of drug-likeness (QED) is 0.879. The topological polar surface area (TPSA) is 90.3 Å². The lowest BCUT2D eigenvalue weighted by Gasteiger charge is -2.35. The predicted octanol–water partition coefficient (Wildman–Crippen LogP) is 0.940. The van der Waals surface area contributed by atoms with Crippen molar-refractivity contribution in [2.45, 2.75) is 31.3 Å². The van der Waals surface area contributed by atoms with Gasteiger partial charge in [0.05, 0.1) is 29.2 Å². The first kappa shape index (κ1) is 16.9. The average molecular weight is 347 g/mol. The number of nitrogens with zero attached hydrogens (tertiary/aromatic N) is 2. The zero-order valence-electron chi connectivity index (χ0n) is 13.4. The Morgan fingerprint density at radius 3 is 2.67 bits per heavy atom. The van der Waals surface area contributed by atoms with Gasteiger partial charge in [0.1, 0.15) is 0 Å². The molecule has 1 amide bonds. The Kier molecular flexibility index (Phi) is 4.88. The summed E-state index contributed by atoms with van der Waals surface area (Å²) in [7, 11) is -3.14. The van der Waals surface area contributed by atoms with Gasteiger partial charge in [-0.3, -0.25) is 9.69 Å². The van der Waals surface area contributed by atoms with Crippen LogP contribution < -0.4 is 5.32 Å². The van der Waals surface area contributed by atoms with Gasteiger partial charge in [-0.1, -0.05) is 12.5 Å². The Morgan fingerprint density at radius 2 is 1.96 bits per heavy atom. The van der Waals surface area contributed by atoms with Crippen molar-refractivity contribution in [2.75, 3.05) is 24.6 Å². The normalized spacial score (nSPS) is 26.6. The van der Waals surface area contributed by atoms with Crippen LogP contribution in [0.2, 0.25) is 0 Å². The predicted molar refractivity (Wildman–Crippen MR) is 90.3 cm³/mol. The van der Waals surface area contributed by atoms with Crippen LogP contribution in [-0.4, -0.2) is 55.9 Å². The Labute approximate surface area is 142 Å². The number of nitrogens with one attached hydrogen (secondary N) is 1. The number of nitriles is 1. The van der Waals surface area contributed by atoms with Crippen LogP contribution in [0.5, 0.6) is 0 Å². The van der Waals surface area contributed by atoms with Crippen LogP contribution in [0, 0.1) is 11.3 Å². The van der Waals surface area contributed by atoms with Gasteiger partial charge in [0, 0.05) is 11.6 Å². The van der Waals surface area contributed by atoms with E-state index >= 15 is 0 Å². The van der Waals surface area contributed by atoms with Gasteiger partial charge in [-0.2, -0.15) is 5.26 Å². The highest BCUT2D eigenvalue weighted by Crippen LogP contribution is 2.22. The molecular weight excluding hydrogens is 326 g/mol. The molecule has 2 atom stereocenters. The third kappa shape index (κ3) is 3.77. The third-order valence-corrected chi connectivity index (χ3v) is 6.47. The Bertz CT molecular complexity index is 764. The Balaban J connectivity index is 1.75. The highest BCUT2D eigenvalue weighted by molar-refractivity contribution is 7.91. The molecule has 7 heteroatoms. The van der Waals surface area contributed by atoms with Crippen LogP contribution >= 0.6 is 0 Å². The van der Waals surface area contributed by atoms with Gasteiger partial charge < -0.3 is 5.32 Å². The van der Waals surface area contributed by atoms with E-state index < -0.39 is 15.9 Å². The van der Waals surface area contributed by atoms with E-state index in [4.69, 9.17) is 5.26 Å². The van der Waals surface area contributed by atoms with Crippen molar-refractivity contribution in [1.29, 1.82) is 5.26 Å². The second-order valence-corrected chi connectivity index (χ2v) is 8.67. The largest absolute Gasteiger partial charge is 0.347 e. The standard InChI is InChI=1S/C17H21N3O3S/c18-10-13-5-4-6-14(9-13)17(21)19-15-11-24(22,23)12-16(15)20-7-2-1-3-8-20/h4-6,9,15-16H,1-3,7-8,11-12H2,(H,19,21)/t15-,16+/m1/s1. The van der Waals surface area contributed by atoms with Crippen molar-refractivity contribution < 1.29 is 13.2 Å². The van der Waals surface area contributed by atoms with Gasteiger partial charge in [0.2, 0.25) is 0 Å². The first-order chi connectivity index (χ1) is 11.5. The number of benzene rings is 1. The number of amides is 1. The summed E-state index contributed by atoms with van der Waals surface area (Å²) in [5, 5.41) is 11.8. The zero-order chi connectivity index (χ0) is 17.2. The lowest BCUT2D eigenvalue weighted by atomic mass is 10.0. The molecule has 2 heterocycles. The molecule has 0 aromatic heterocycles. The number of piperidine rings is 1. The van der Waals surface area contributed by atoms with E-state index in [1.807, 2.05) is 6.07 Å². The van der Waals surface area contributed by atoms with Gasteiger partial charge in [-0.15, -0.1) is 0 Å². The molecule has 2 fully saturated rings. The van der Waals surface area contributed by atoms with E-state index in [-0.39, 0.29) is 23.5 Å². The maximum absolute atomic E-state index is 12.5. The summed E-state index contributed by atoms with van der Waals surface area (Å²) in [6, 6.07) is 7.90. The molecule has 0 saturated carbocycles. The summed E-state index contributed by atoms with van der Waals surface area (Å²) in [6.45, 7) is 1.77. The summed E-state index contributed by atoms with van der Waals surface area (Å²) in [5.74, 6) is -0.232. The number of rotatable bonds is 3. The van der Waals surface area contributed by atoms with Gasteiger partial charge in [-0.25, -0.2) is 8.42 Å². The van der Waals surface area contributed by atoms with E-state index in [1.165, 1.54) is 12.5 Å². The third-order valence-electron chi connectivity index (χ3n) is 4.75. The van der Waals surface area contributed by atoms with Crippen molar-refractivity contribution in [3.05, 3.63) is 35.4 Å². The lowest BCUT2D eigenvalue weighted by molar-refractivity contribution is 0.0900. The van der Waals surface area contributed by atoms with Crippen LogP contribution in [0.3, 0.4) is 0 Å². The van der Waals surface area contributed by atoms with Crippen molar-refractivity contribution >= 4 is 15.7 Å². The minimum atomic E-state index is -3.14. The molecule has 128 valence electrons. The molecule has 1 aromatic rings. The first-order valence-electron chi connectivity index (χ1n) is 8.24. The zero-order valence-corrected chi connectivity index (χ0v) is 14.3. The van der Waals surface area contributed by atoms with Crippen molar-refractivity contribution in [3.8, 4) is 6.07 Å². The summed E-state index contributed by atoms with van der Waals surface area (Å²) in [6.07, 6.45) is 3.32. The summed E-state index contributed by atoms with van der Waals surface area (Å²) < 4.78 is 24.2. The van der Waals surface area contributed by atoms with Crippen molar-refractivity contribution in [1.82, 2.24) is 10.2 Å². The second kappa shape index (κ2) is 6.91. The smallest absolute Gasteiger partial charge is 0.251 e. The van der Waals surface area contributed by atoms with Crippen LogP contribution in [0.4, 0.5) is 0 Å².